The van der Waals surface area contributed by atoms with Crippen molar-refractivity contribution in [2.45, 2.75) is 30.6 Å². The van der Waals surface area contributed by atoms with Crippen molar-refractivity contribution in [1.82, 2.24) is 9.78 Å². The fourth-order valence-electron chi connectivity index (χ4n) is 1.82. The summed E-state index contributed by atoms with van der Waals surface area (Å²) in [5, 5.41) is 13.5. The standard InChI is InChI=1S/C14H17BrN2OS/c1-3-12-14(15)13(17(2)16-12)9-19-11-6-4-10(8-18)5-7-11/h4-7,18H,3,8-9H2,1-2H3. The lowest BCUT2D eigenvalue weighted by Gasteiger charge is -2.04. The maximum absolute atomic E-state index is 9.01. The van der Waals surface area contributed by atoms with Crippen molar-refractivity contribution in [3.63, 3.8) is 0 Å². The van der Waals surface area contributed by atoms with E-state index in [9.17, 15) is 0 Å². The zero-order chi connectivity index (χ0) is 13.8. The van der Waals surface area contributed by atoms with E-state index in [4.69, 9.17) is 5.11 Å². The monoisotopic (exact) mass is 340 g/mol. The molecule has 5 heteroatoms. The number of aliphatic hydroxyl groups is 1. The summed E-state index contributed by atoms with van der Waals surface area (Å²) in [5.41, 5.74) is 3.25. The number of aromatic nitrogens is 2. The molecule has 0 saturated carbocycles. The van der Waals surface area contributed by atoms with Gasteiger partial charge in [0.2, 0.25) is 0 Å². The predicted molar refractivity (Wildman–Crippen MR) is 82.2 cm³/mol. The molecule has 0 spiro atoms. The number of aryl methyl sites for hydroxylation is 2. The maximum Gasteiger partial charge on any atom is 0.0767 e. The van der Waals surface area contributed by atoms with Crippen molar-refractivity contribution in [3.8, 4) is 0 Å². The number of hydrogen-bond acceptors (Lipinski definition) is 3. The third-order valence-corrected chi connectivity index (χ3v) is 4.92. The van der Waals surface area contributed by atoms with Gasteiger partial charge in [0.05, 0.1) is 22.5 Å². The molecule has 0 aliphatic rings. The average molecular weight is 341 g/mol. The molecule has 0 aliphatic carbocycles. The Hall–Kier alpha value is -0.780. The van der Waals surface area contributed by atoms with Gasteiger partial charge in [-0.25, -0.2) is 0 Å². The minimum Gasteiger partial charge on any atom is -0.392 e. The van der Waals surface area contributed by atoms with Crippen LogP contribution in [0.2, 0.25) is 0 Å². The van der Waals surface area contributed by atoms with Crippen LogP contribution in [0, 0.1) is 0 Å². The molecule has 1 aromatic heterocycles. The van der Waals surface area contributed by atoms with Crippen LogP contribution in [0.4, 0.5) is 0 Å². The lowest BCUT2D eigenvalue weighted by molar-refractivity contribution is 0.282. The molecule has 1 N–H and O–H groups in total. The van der Waals surface area contributed by atoms with Gasteiger partial charge in [-0.05, 0) is 40.0 Å². The number of thioether (sulfide) groups is 1. The number of rotatable bonds is 5. The van der Waals surface area contributed by atoms with E-state index in [0.29, 0.717) is 0 Å². The molecule has 0 amide bonds. The summed E-state index contributed by atoms with van der Waals surface area (Å²) < 4.78 is 3.06. The summed E-state index contributed by atoms with van der Waals surface area (Å²) in [6.07, 6.45) is 0.935. The molecule has 2 aromatic rings. The van der Waals surface area contributed by atoms with E-state index >= 15 is 0 Å². The number of hydrogen-bond donors (Lipinski definition) is 1. The van der Waals surface area contributed by atoms with Crippen LogP contribution in [0.15, 0.2) is 33.6 Å². The molecule has 0 fully saturated rings. The predicted octanol–water partition coefficient (Wildman–Crippen LogP) is 3.53. The number of nitrogens with zero attached hydrogens (tertiary/aromatic N) is 2. The second-order valence-electron chi connectivity index (χ2n) is 4.28. The van der Waals surface area contributed by atoms with Crippen molar-refractivity contribution in [1.29, 1.82) is 0 Å². The van der Waals surface area contributed by atoms with Gasteiger partial charge in [-0.1, -0.05) is 19.1 Å². The molecule has 0 unspecified atom stereocenters. The van der Waals surface area contributed by atoms with E-state index in [-0.39, 0.29) is 6.61 Å². The SMILES string of the molecule is CCc1nn(C)c(CSc2ccc(CO)cc2)c1Br. The fourth-order valence-corrected chi connectivity index (χ4v) is 3.72. The quantitative estimate of drug-likeness (QED) is 0.846. The maximum atomic E-state index is 9.01. The summed E-state index contributed by atoms with van der Waals surface area (Å²) in [6.45, 7) is 2.20. The first-order chi connectivity index (χ1) is 9.15. The highest BCUT2D eigenvalue weighted by atomic mass is 79.9. The number of halogens is 1. The van der Waals surface area contributed by atoms with Gasteiger partial charge in [-0.2, -0.15) is 5.10 Å². The Kier molecular flexibility index (Phi) is 5.07. The largest absolute Gasteiger partial charge is 0.392 e. The van der Waals surface area contributed by atoms with Gasteiger partial charge >= 0.3 is 0 Å². The summed E-state index contributed by atoms with van der Waals surface area (Å²) in [6, 6.07) is 8.00. The molecule has 0 bridgehead atoms. The van der Waals surface area contributed by atoms with E-state index in [1.165, 1.54) is 10.6 Å². The van der Waals surface area contributed by atoms with Gasteiger partial charge in [0, 0.05) is 17.7 Å². The average Bonchev–Trinajstić information content (AvgIpc) is 2.72. The van der Waals surface area contributed by atoms with Crippen molar-refractivity contribution in [2.24, 2.45) is 7.05 Å². The van der Waals surface area contributed by atoms with Crippen molar-refractivity contribution < 1.29 is 5.11 Å². The van der Waals surface area contributed by atoms with E-state index < -0.39 is 0 Å². The van der Waals surface area contributed by atoms with Crippen LogP contribution in [-0.2, 0) is 25.8 Å². The molecule has 102 valence electrons. The first-order valence-corrected chi connectivity index (χ1v) is 7.96. The number of benzene rings is 1. The summed E-state index contributed by atoms with van der Waals surface area (Å²) >= 11 is 5.40. The first kappa shape index (κ1) is 14.6. The van der Waals surface area contributed by atoms with Crippen LogP contribution in [0.1, 0.15) is 23.9 Å². The van der Waals surface area contributed by atoms with E-state index in [2.05, 4.69) is 28.0 Å². The molecule has 1 aromatic carbocycles. The first-order valence-electron chi connectivity index (χ1n) is 6.18. The lowest BCUT2D eigenvalue weighted by atomic mass is 10.2. The number of aliphatic hydroxyl groups excluding tert-OH is 1. The van der Waals surface area contributed by atoms with Crippen LogP contribution >= 0.6 is 27.7 Å². The molecule has 0 radical (unpaired) electrons. The highest BCUT2D eigenvalue weighted by molar-refractivity contribution is 9.10. The topological polar surface area (TPSA) is 38.0 Å². The normalized spacial score (nSPS) is 10.9. The second kappa shape index (κ2) is 6.59. The molecule has 1 heterocycles. The second-order valence-corrected chi connectivity index (χ2v) is 6.12. The van der Waals surface area contributed by atoms with Crippen LogP contribution in [0.25, 0.3) is 0 Å². The van der Waals surface area contributed by atoms with Gasteiger partial charge in [0.15, 0.2) is 0 Å². The smallest absolute Gasteiger partial charge is 0.0767 e. The van der Waals surface area contributed by atoms with Crippen LogP contribution < -0.4 is 0 Å². The molecule has 2 rings (SSSR count). The molecular weight excluding hydrogens is 324 g/mol. The highest BCUT2D eigenvalue weighted by Gasteiger charge is 2.12. The molecule has 0 atom stereocenters. The molecule has 19 heavy (non-hydrogen) atoms. The van der Waals surface area contributed by atoms with Gasteiger partial charge in [-0.15, -0.1) is 11.8 Å². The summed E-state index contributed by atoms with van der Waals surface area (Å²) in [5.74, 6) is 0.878. The Labute approximate surface area is 126 Å². The Morgan fingerprint density at radius 1 is 1.32 bits per heavy atom. The zero-order valence-electron chi connectivity index (χ0n) is 11.1. The van der Waals surface area contributed by atoms with Gasteiger partial charge < -0.3 is 5.11 Å². The van der Waals surface area contributed by atoms with E-state index in [1.807, 2.05) is 36.0 Å². The molecule has 3 nitrogen and oxygen atoms in total. The summed E-state index contributed by atoms with van der Waals surface area (Å²) in [7, 11) is 1.98. The van der Waals surface area contributed by atoms with E-state index in [1.54, 1.807) is 11.8 Å². The zero-order valence-corrected chi connectivity index (χ0v) is 13.5. The Balaban J connectivity index is 2.07. The van der Waals surface area contributed by atoms with Crippen LogP contribution in [0.3, 0.4) is 0 Å². The molecular formula is C14H17BrN2OS. The van der Waals surface area contributed by atoms with Gasteiger partial charge in [0.25, 0.3) is 0 Å². The fraction of sp³-hybridized carbons (Fsp3) is 0.357. The van der Waals surface area contributed by atoms with Crippen LogP contribution in [-0.4, -0.2) is 14.9 Å². The molecule has 0 saturated heterocycles. The van der Waals surface area contributed by atoms with Crippen molar-refractivity contribution >= 4 is 27.7 Å². The lowest BCUT2D eigenvalue weighted by Crippen LogP contribution is -1.96. The Morgan fingerprint density at radius 2 is 2.00 bits per heavy atom. The Morgan fingerprint density at radius 3 is 2.53 bits per heavy atom. The minimum absolute atomic E-state index is 0.0953. The van der Waals surface area contributed by atoms with Gasteiger partial charge in [-0.3, -0.25) is 4.68 Å². The van der Waals surface area contributed by atoms with E-state index in [0.717, 1.165) is 27.9 Å². The van der Waals surface area contributed by atoms with Crippen molar-refractivity contribution in [2.75, 3.05) is 0 Å². The Bertz CT molecular complexity index is 551. The summed E-state index contributed by atoms with van der Waals surface area (Å²) in [4.78, 5) is 1.20. The highest BCUT2D eigenvalue weighted by Crippen LogP contribution is 2.29. The third kappa shape index (κ3) is 3.41. The van der Waals surface area contributed by atoms with Crippen LogP contribution in [0.5, 0.6) is 0 Å². The molecule has 0 aliphatic heterocycles. The minimum atomic E-state index is 0.0953. The van der Waals surface area contributed by atoms with Crippen molar-refractivity contribution in [3.05, 3.63) is 45.7 Å². The van der Waals surface area contributed by atoms with Gasteiger partial charge in [0.1, 0.15) is 0 Å². The third-order valence-electron chi connectivity index (χ3n) is 2.98.